The SMILES string of the molecule is COC1(CNc2cc(C)nc(C3CC3)n2)CCS(=O)(=O)C1. The van der Waals surface area contributed by atoms with Gasteiger partial charge < -0.3 is 10.1 Å². The van der Waals surface area contributed by atoms with Crippen LogP contribution in [0.4, 0.5) is 5.82 Å². The Morgan fingerprint density at radius 3 is 2.76 bits per heavy atom. The van der Waals surface area contributed by atoms with Crippen LogP contribution < -0.4 is 5.32 Å². The van der Waals surface area contributed by atoms with E-state index >= 15 is 0 Å². The third kappa shape index (κ3) is 3.35. The lowest BCUT2D eigenvalue weighted by Gasteiger charge is -2.26. The zero-order valence-corrected chi connectivity index (χ0v) is 13.2. The molecule has 1 aliphatic carbocycles. The summed E-state index contributed by atoms with van der Waals surface area (Å²) in [5, 5.41) is 3.24. The molecule has 1 unspecified atom stereocenters. The second-order valence-corrected chi connectivity index (χ2v) is 8.29. The number of ether oxygens (including phenoxy) is 1. The van der Waals surface area contributed by atoms with Crippen molar-refractivity contribution in [3.05, 3.63) is 17.6 Å². The number of methoxy groups -OCH3 is 1. The van der Waals surface area contributed by atoms with Crippen LogP contribution in [0, 0.1) is 6.92 Å². The quantitative estimate of drug-likeness (QED) is 0.882. The molecule has 0 aromatic carbocycles. The Morgan fingerprint density at radius 1 is 1.43 bits per heavy atom. The number of aryl methyl sites for hydroxylation is 1. The Kier molecular flexibility index (Phi) is 3.65. The van der Waals surface area contributed by atoms with Crippen LogP contribution in [-0.2, 0) is 14.6 Å². The summed E-state index contributed by atoms with van der Waals surface area (Å²) in [5.74, 6) is 2.41. The highest BCUT2D eigenvalue weighted by atomic mass is 32.2. The van der Waals surface area contributed by atoms with E-state index in [0.29, 0.717) is 18.9 Å². The Morgan fingerprint density at radius 2 is 2.19 bits per heavy atom. The van der Waals surface area contributed by atoms with Gasteiger partial charge in [-0.1, -0.05) is 0 Å². The average molecular weight is 311 g/mol. The molecular formula is C14H21N3O3S. The van der Waals surface area contributed by atoms with E-state index in [-0.39, 0.29) is 11.5 Å². The molecule has 21 heavy (non-hydrogen) atoms. The molecule has 116 valence electrons. The second kappa shape index (κ2) is 5.21. The van der Waals surface area contributed by atoms with Crippen molar-refractivity contribution in [2.75, 3.05) is 30.5 Å². The van der Waals surface area contributed by atoms with Crippen LogP contribution >= 0.6 is 0 Å². The van der Waals surface area contributed by atoms with Crippen molar-refractivity contribution in [1.82, 2.24) is 9.97 Å². The molecule has 0 radical (unpaired) electrons. The maximum Gasteiger partial charge on any atom is 0.153 e. The van der Waals surface area contributed by atoms with Crippen LogP contribution in [0.2, 0.25) is 0 Å². The molecule has 0 spiro atoms. The molecule has 0 bridgehead atoms. The Labute approximate surface area is 125 Å². The largest absolute Gasteiger partial charge is 0.375 e. The fourth-order valence-corrected chi connectivity index (χ4v) is 4.71. The van der Waals surface area contributed by atoms with E-state index in [1.807, 2.05) is 13.0 Å². The van der Waals surface area contributed by atoms with Crippen LogP contribution in [-0.4, -0.2) is 49.1 Å². The summed E-state index contributed by atoms with van der Waals surface area (Å²) in [6, 6.07) is 1.89. The zero-order chi connectivity index (χ0) is 15.1. The fourth-order valence-electron chi connectivity index (χ4n) is 2.72. The van der Waals surface area contributed by atoms with Gasteiger partial charge in [0.1, 0.15) is 11.6 Å². The fraction of sp³-hybridized carbons (Fsp3) is 0.714. The minimum absolute atomic E-state index is 0.0725. The highest BCUT2D eigenvalue weighted by molar-refractivity contribution is 7.91. The van der Waals surface area contributed by atoms with Gasteiger partial charge in [-0.2, -0.15) is 0 Å². The normalized spacial score (nSPS) is 27.7. The van der Waals surface area contributed by atoms with Crippen LogP contribution in [0.1, 0.15) is 36.7 Å². The number of anilines is 1. The van der Waals surface area contributed by atoms with Gasteiger partial charge in [-0.05, 0) is 26.2 Å². The molecule has 2 heterocycles. The number of sulfone groups is 1. The highest BCUT2D eigenvalue weighted by Crippen LogP contribution is 2.38. The topological polar surface area (TPSA) is 81.2 Å². The number of hydrogen-bond acceptors (Lipinski definition) is 6. The van der Waals surface area contributed by atoms with Crippen LogP contribution in [0.15, 0.2) is 6.07 Å². The van der Waals surface area contributed by atoms with Crippen molar-refractivity contribution < 1.29 is 13.2 Å². The molecule has 1 saturated carbocycles. The second-order valence-electron chi connectivity index (χ2n) is 6.11. The minimum atomic E-state index is -2.99. The third-order valence-electron chi connectivity index (χ3n) is 4.19. The molecule has 0 amide bonds. The lowest BCUT2D eigenvalue weighted by Crippen LogP contribution is -2.40. The van der Waals surface area contributed by atoms with E-state index in [1.54, 1.807) is 7.11 Å². The minimum Gasteiger partial charge on any atom is -0.375 e. The van der Waals surface area contributed by atoms with Crippen LogP contribution in [0.5, 0.6) is 0 Å². The molecule has 7 heteroatoms. The van der Waals surface area contributed by atoms with E-state index in [9.17, 15) is 8.42 Å². The summed E-state index contributed by atoms with van der Waals surface area (Å²) < 4.78 is 28.9. The molecule has 1 saturated heterocycles. The monoisotopic (exact) mass is 311 g/mol. The molecule has 1 aliphatic heterocycles. The molecule has 1 aromatic rings. The van der Waals surface area contributed by atoms with E-state index in [0.717, 1.165) is 30.2 Å². The molecular weight excluding hydrogens is 290 g/mol. The van der Waals surface area contributed by atoms with Crippen molar-refractivity contribution in [2.24, 2.45) is 0 Å². The van der Waals surface area contributed by atoms with Gasteiger partial charge in [-0.3, -0.25) is 0 Å². The molecule has 1 atom stereocenters. The Hall–Kier alpha value is -1.21. The molecule has 3 rings (SSSR count). The van der Waals surface area contributed by atoms with E-state index < -0.39 is 15.4 Å². The van der Waals surface area contributed by atoms with Crippen molar-refractivity contribution in [2.45, 2.75) is 37.7 Å². The lowest BCUT2D eigenvalue weighted by atomic mass is 10.0. The van der Waals surface area contributed by atoms with Crippen LogP contribution in [0.25, 0.3) is 0 Å². The van der Waals surface area contributed by atoms with Crippen molar-refractivity contribution in [1.29, 1.82) is 0 Å². The smallest absolute Gasteiger partial charge is 0.153 e. The van der Waals surface area contributed by atoms with Gasteiger partial charge in [0.05, 0.1) is 17.1 Å². The highest BCUT2D eigenvalue weighted by Gasteiger charge is 2.42. The predicted octanol–water partition coefficient (Wildman–Crippen LogP) is 1.28. The molecule has 2 fully saturated rings. The first-order valence-corrected chi connectivity index (χ1v) is 9.09. The lowest BCUT2D eigenvalue weighted by molar-refractivity contribution is 0.0240. The first-order chi connectivity index (χ1) is 9.91. The number of aromatic nitrogens is 2. The number of rotatable bonds is 5. The molecule has 2 aliphatic rings. The molecule has 6 nitrogen and oxygen atoms in total. The van der Waals surface area contributed by atoms with E-state index in [2.05, 4.69) is 15.3 Å². The first-order valence-electron chi connectivity index (χ1n) is 7.26. The van der Waals surface area contributed by atoms with E-state index in [4.69, 9.17) is 4.74 Å². The van der Waals surface area contributed by atoms with Gasteiger partial charge in [0.2, 0.25) is 0 Å². The summed E-state index contributed by atoms with van der Waals surface area (Å²) in [5.41, 5.74) is 0.289. The van der Waals surface area contributed by atoms with Gasteiger partial charge in [-0.15, -0.1) is 0 Å². The van der Waals surface area contributed by atoms with E-state index in [1.165, 1.54) is 0 Å². The summed E-state index contributed by atoms with van der Waals surface area (Å²) in [7, 11) is -1.42. The summed E-state index contributed by atoms with van der Waals surface area (Å²) >= 11 is 0. The standard InChI is InChI=1S/C14H21N3O3S/c1-10-7-12(17-13(16-10)11-3-4-11)15-8-14(20-2)5-6-21(18,19)9-14/h7,11H,3-6,8-9H2,1-2H3,(H,15,16,17). The summed E-state index contributed by atoms with van der Waals surface area (Å²) in [4.78, 5) is 8.99. The molecule has 1 N–H and O–H groups in total. The Bertz CT molecular complexity index is 643. The number of nitrogens with one attached hydrogen (secondary N) is 1. The Balaban J connectivity index is 1.72. The average Bonchev–Trinajstić information content (AvgIpc) is 3.22. The number of hydrogen-bond donors (Lipinski definition) is 1. The maximum atomic E-state index is 11.7. The summed E-state index contributed by atoms with van der Waals surface area (Å²) in [6.07, 6.45) is 2.84. The van der Waals surface area contributed by atoms with Crippen LogP contribution in [0.3, 0.4) is 0 Å². The number of nitrogens with zero attached hydrogens (tertiary/aromatic N) is 2. The van der Waals surface area contributed by atoms with Gasteiger partial charge in [0.15, 0.2) is 9.84 Å². The molecule has 1 aromatic heterocycles. The summed E-state index contributed by atoms with van der Waals surface area (Å²) in [6.45, 7) is 2.40. The van der Waals surface area contributed by atoms with Gasteiger partial charge in [0.25, 0.3) is 0 Å². The van der Waals surface area contributed by atoms with Gasteiger partial charge in [-0.25, -0.2) is 18.4 Å². The first kappa shape index (κ1) is 14.7. The maximum absolute atomic E-state index is 11.7. The predicted molar refractivity (Wildman–Crippen MR) is 80.2 cm³/mol. The van der Waals surface area contributed by atoms with Gasteiger partial charge >= 0.3 is 0 Å². The van der Waals surface area contributed by atoms with Gasteiger partial charge in [0, 0.05) is 31.3 Å². The van der Waals surface area contributed by atoms with Crippen molar-refractivity contribution >= 4 is 15.7 Å². The van der Waals surface area contributed by atoms with Crippen molar-refractivity contribution in [3.63, 3.8) is 0 Å². The third-order valence-corrected chi connectivity index (χ3v) is 5.98. The zero-order valence-electron chi connectivity index (χ0n) is 12.4. The van der Waals surface area contributed by atoms with Crippen molar-refractivity contribution in [3.8, 4) is 0 Å².